The standard InChI is InChI=1S/C18H28N2O2/c1-11(3-7-16(19)21)13-5-6-14-12-4-8-17(22)20-15(12)9-10-18(13,14)2/h9,11-14H,3-8,10H2,1-2H3,(H2,19,21)(H,20,22). The summed E-state index contributed by atoms with van der Waals surface area (Å²) in [5, 5.41) is 3.09. The molecule has 0 aromatic rings. The number of fused-ring (bicyclic) bond motifs is 3. The Morgan fingerprint density at radius 3 is 2.95 bits per heavy atom. The number of hydrogen-bond donors (Lipinski definition) is 2. The Labute approximate surface area is 132 Å². The van der Waals surface area contributed by atoms with E-state index in [1.54, 1.807) is 0 Å². The van der Waals surface area contributed by atoms with Crippen LogP contribution in [0.5, 0.6) is 0 Å². The van der Waals surface area contributed by atoms with E-state index in [1.807, 2.05) is 0 Å². The fourth-order valence-corrected chi connectivity index (χ4v) is 5.47. The van der Waals surface area contributed by atoms with E-state index in [0.717, 1.165) is 19.3 Å². The highest BCUT2D eigenvalue weighted by Crippen LogP contribution is 2.60. The second kappa shape index (κ2) is 5.71. The average Bonchev–Trinajstić information content (AvgIpc) is 2.82. The molecular formula is C18H28N2O2. The summed E-state index contributed by atoms with van der Waals surface area (Å²) in [6.45, 7) is 4.71. The van der Waals surface area contributed by atoms with Gasteiger partial charge in [0.05, 0.1) is 0 Å². The Bertz CT molecular complexity index is 513. The monoisotopic (exact) mass is 304 g/mol. The van der Waals surface area contributed by atoms with Crippen LogP contribution in [0.3, 0.4) is 0 Å². The molecule has 2 aliphatic carbocycles. The fourth-order valence-electron chi connectivity index (χ4n) is 5.47. The number of allylic oxidation sites excluding steroid dienone is 2. The highest BCUT2D eigenvalue weighted by Gasteiger charge is 2.53. The molecule has 2 fully saturated rings. The van der Waals surface area contributed by atoms with Crippen LogP contribution in [-0.4, -0.2) is 11.8 Å². The van der Waals surface area contributed by atoms with Crippen LogP contribution in [0.4, 0.5) is 0 Å². The van der Waals surface area contributed by atoms with E-state index >= 15 is 0 Å². The number of rotatable bonds is 4. The zero-order valence-electron chi connectivity index (χ0n) is 13.7. The summed E-state index contributed by atoms with van der Waals surface area (Å²) in [5.74, 6) is 2.39. The lowest BCUT2D eigenvalue weighted by Gasteiger charge is -2.47. The maximum Gasteiger partial charge on any atom is 0.224 e. The maximum atomic E-state index is 11.6. The van der Waals surface area contributed by atoms with Crippen molar-refractivity contribution in [2.45, 2.75) is 58.8 Å². The lowest BCUT2D eigenvalue weighted by Crippen LogP contribution is -2.45. The number of primary amides is 1. The number of nitrogens with one attached hydrogen (secondary N) is 1. The van der Waals surface area contributed by atoms with Gasteiger partial charge in [0.1, 0.15) is 0 Å². The van der Waals surface area contributed by atoms with Crippen LogP contribution < -0.4 is 11.1 Å². The van der Waals surface area contributed by atoms with Gasteiger partial charge in [-0.2, -0.15) is 0 Å². The van der Waals surface area contributed by atoms with Crippen molar-refractivity contribution in [3.05, 3.63) is 11.8 Å². The summed E-state index contributed by atoms with van der Waals surface area (Å²) in [6, 6.07) is 0. The molecule has 2 amide bonds. The molecule has 0 radical (unpaired) electrons. The van der Waals surface area contributed by atoms with E-state index in [-0.39, 0.29) is 11.8 Å². The zero-order chi connectivity index (χ0) is 15.9. The van der Waals surface area contributed by atoms with Gasteiger partial charge in [0.2, 0.25) is 11.8 Å². The first-order chi connectivity index (χ1) is 10.4. The minimum absolute atomic E-state index is 0.176. The van der Waals surface area contributed by atoms with Crippen molar-refractivity contribution in [3.8, 4) is 0 Å². The molecule has 0 bridgehead atoms. The van der Waals surface area contributed by atoms with Crippen molar-refractivity contribution >= 4 is 11.8 Å². The quantitative estimate of drug-likeness (QED) is 0.838. The lowest BCUT2D eigenvalue weighted by molar-refractivity contribution is -0.122. The third-order valence-electron chi connectivity index (χ3n) is 6.63. The molecule has 122 valence electrons. The van der Waals surface area contributed by atoms with E-state index in [1.165, 1.54) is 18.5 Å². The molecule has 5 atom stereocenters. The van der Waals surface area contributed by atoms with Gasteiger partial charge in [0.25, 0.3) is 0 Å². The molecule has 3 N–H and O–H groups in total. The Morgan fingerprint density at radius 2 is 2.23 bits per heavy atom. The molecule has 3 aliphatic rings. The first-order valence-electron chi connectivity index (χ1n) is 8.70. The van der Waals surface area contributed by atoms with Crippen LogP contribution in [0.15, 0.2) is 11.8 Å². The maximum absolute atomic E-state index is 11.6. The molecule has 1 heterocycles. The number of hydrogen-bond acceptors (Lipinski definition) is 2. The van der Waals surface area contributed by atoms with Gasteiger partial charge >= 0.3 is 0 Å². The predicted octanol–water partition coefficient (Wildman–Crippen LogP) is 2.73. The van der Waals surface area contributed by atoms with Crippen molar-refractivity contribution in [2.75, 3.05) is 0 Å². The van der Waals surface area contributed by atoms with E-state index in [0.29, 0.717) is 41.9 Å². The Kier molecular flexibility index (Phi) is 4.04. The minimum atomic E-state index is -0.188. The van der Waals surface area contributed by atoms with E-state index in [9.17, 15) is 9.59 Å². The molecule has 1 aliphatic heterocycles. The van der Waals surface area contributed by atoms with E-state index in [2.05, 4.69) is 25.2 Å². The van der Waals surface area contributed by atoms with Gasteiger partial charge in [-0.3, -0.25) is 9.59 Å². The molecule has 1 saturated heterocycles. The van der Waals surface area contributed by atoms with Crippen molar-refractivity contribution in [1.29, 1.82) is 0 Å². The Hall–Kier alpha value is -1.32. The minimum Gasteiger partial charge on any atom is -0.370 e. The van der Waals surface area contributed by atoms with Gasteiger partial charge in [-0.1, -0.05) is 19.9 Å². The average molecular weight is 304 g/mol. The zero-order valence-corrected chi connectivity index (χ0v) is 13.7. The van der Waals surface area contributed by atoms with Gasteiger partial charge in [0.15, 0.2) is 0 Å². The summed E-state index contributed by atoms with van der Waals surface area (Å²) in [7, 11) is 0. The molecule has 0 aromatic heterocycles. The number of amides is 2. The van der Waals surface area contributed by atoms with Crippen LogP contribution in [0.1, 0.15) is 58.8 Å². The molecule has 3 rings (SSSR count). The normalized spacial score (nSPS) is 38.5. The predicted molar refractivity (Wildman–Crippen MR) is 85.5 cm³/mol. The van der Waals surface area contributed by atoms with Crippen LogP contribution >= 0.6 is 0 Å². The molecule has 5 unspecified atom stereocenters. The summed E-state index contributed by atoms with van der Waals surface area (Å²) < 4.78 is 0. The van der Waals surface area contributed by atoms with E-state index < -0.39 is 0 Å². The van der Waals surface area contributed by atoms with Gasteiger partial charge in [-0.05, 0) is 55.3 Å². The Balaban J connectivity index is 1.76. The van der Waals surface area contributed by atoms with Crippen molar-refractivity contribution in [1.82, 2.24) is 5.32 Å². The van der Waals surface area contributed by atoms with Gasteiger partial charge < -0.3 is 11.1 Å². The number of piperidine rings is 1. The van der Waals surface area contributed by atoms with Crippen LogP contribution in [0.2, 0.25) is 0 Å². The SMILES string of the molecule is CC(CCC(N)=O)C1CCC2C3CCC(=O)NC3=CCC12C. The molecule has 1 saturated carbocycles. The number of carbonyl (C=O) groups excluding carboxylic acids is 2. The highest BCUT2D eigenvalue weighted by molar-refractivity contribution is 5.79. The van der Waals surface area contributed by atoms with Crippen LogP contribution in [0.25, 0.3) is 0 Å². The molecule has 0 aromatic carbocycles. The molecule has 4 nitrogen and oxygen atoms in total. The summed E-state index contributed by atoms with van der Waals surface area (Å²) in [5.41, 5.74) is 6.81. The van der Waals surface area contributed by atoms with Crippen molar-refractivity contribution < 1.29 is 9.59 Å². The second-order valence-electron chi connectivity index (χ2n) is 7.84. The van der Waals surface area contributed by atoms with Crippen molar-refractivity contribution in [3.63, 3.8) is 0 Å². The molecular weight excluding hydrogens is 276 g/mol. The van der Waals surface area contributed by atoms with Crippen LogP contribution in [0, 0.1) is 29.1 Å². The van der Waals surface area contributed by atoms with Gasteiger partial charge in [-0.25, -0.2) is 0 Å². The highest BCUT2D eigenvalue weighted by atomic mass is 16.2. The van der Waals surface area contributed by atoms with E-state index in [4.69, 9.17) is 5.73 Å². The summed E-state index contributed by atoms with van der Waals surface area (Å²) >= 11 is 0. The number of carbonyl (C=O) groups is 2. The fraction of sp³-hybridized carbons (Fsp3) is 0.778. The topological polar surface area (TPSA) is 72.2 Å². The smallest absolute Gasteiger partial charge is 0.224 e. The first kappa shape index (κ1) is 15.6. The lowest BCUT2D eigenvalue weighted by atomic mass is 9.59. The summed E-state index contributed by atoms with van der Waals surface area (Å²) in [4.78, 5) is 22.7. The molecule has 22 heavy (non-hydrogen) atoms. The molecule has 0 spiro atoms. The summed E-state index contributed by atoms with van der Waals surface area (Å²) in [6.07, 6.45) is 8.88. The Morgan fingerprint density at radius 1 is 1.45 bits per heavy atom. The van der Waals surface area contributed by atoms with Crippen LogP contribution in [-0.2, 0) is 9.59 Å². The molecule has 4 heteroatoms. The van der Waals surface area contributed by atoms with Gasteiger partial charge in [0, 0.05) is 24.5 Å². The first-order valence-corrected chi connectivity index (χ1v) is 8.70. The largest absolute Gasteiger partial charge is 0.370 e. The third kappa shape index (κ3) is 2.57. The van der Waals surface area contributed by atoms with Gasteiger partial charge in [-0.15, -0.1) is 0 Å². The third-order valence-corrected chi connectivity index (χ3v) is 6.63. The number of nitrogens with two attached hydrogens (primary N) is 1. The van der Waals surface area contributed by atoms with Crippen molar-refractivity contribution in [2.24, 2.45) is 34.8 Å². The second-order valence-corrected chi connectivity index (χ2v) is 7.84.